The fourth-order valence-electron chi connectivity index (χ4n) is 1.15. The zero-order valence-corrected chi connectivity index (χ0v) is 10.0. The van der Waals surface area contributed by atoms with Crippen LogP contribution in [-0.2, 0) is 4.79 Å². The van der Waals surface area contributed by atoms with Crippen molar-refractivity contribution in [2.24, 2.45) is 0 Å². The van der Waals surface area contributed by atoms with E-state index in [2.05, 4.69) is 11.8 Å². The van der Waals surface area contributed by atoms with Crippen molar-refractivity contribution >= 4 is 6.41 Å². The van der Waals surface area contributed by atoms with Gasteiger partial charge in [-0.25, -0.2) is 0 Å². The molecule has 1 aromatic carbocycles. The van der Waals surface area contributed by atoms with Crippen molar-refractivity contribution in [2.45, 2.75) is 25.8 Å². The maximum atomic E-state index is 10.7. The maximum absolute atomic E-state index is 10.7. The van der Waals surface area contributed by atoms with E-state index in [-0.39, 0.29) is 5.54 Å². The minimum Gasteiger partial charge on any atom is -0.342 e. The van der Waals surface area contributed by atoms with Crippen LogP contribution in [0.2, 0.25) is 0 Å². The molecule has 0 N–H and O–H groups in total. The summed E-state index contributed by atoms with van der Waals surface area (Å²) in [5.74, 6) is 6.19. The highest BCUT2D eigenvalue weighted by atomic mass is 16.1. The van der Waals surface area contributed by atoms with Crippen LogP contribution in [-0.4, -0.2) is 23.9 Å². The van der Waals surface area contributed by atoms with Crippen LogP contribution in [0.15, 0.2) is 30.3 Å². The van der Waals surface area contributed by atoms with Crippen LogP contribution in [0.1, 0.15) is 25.8 Å². The van der Waals surface area contributed by atoms with E-state index in [9.17, 15) is 4.79 Å². The second-order valence-corrected chi connectivity index (χ2v) is 4.37. The summed E-state index contributed by atoms with van der Waals surface area (Å²) < 4.78 is 0. The number of hydrogen-bond acceptors (Lipinski definition) is 1. The monoisotopic (exact) mass is 215 g/mol. The van der Waals surface area contributed by atoms with Gasteiger partial charge >= 0.3 is 0 Å². The molecule has 0 fully saturated rings. The summed E-state index contributed by atoms with van der Waals surface area (Å²) in [6, 6.07) is 9.85. The molecule has 0 unspecified atom stereocenters. The van der Waals surface area contributed by atoms with Crippen molar-refractivity contribution < 1.29 is 4.79 Å². The molecule has 16 heavy (non-hydrogen) atoms. The van der Waals surface area contributed by atoms with Gasteiger partial charge < -0.3 is 4.90 Å². The van der Waals surface area contributed by atoms with Gasteiger partial charge in [-0.1, -0.05) is 30.0 Å². The molecule has 0 heterocycles. The average Bonchev–Trinajstić information content (AvgIpc) is 2.29. The van der Waals surface area contributed by atoms with Crippen LogP contribution in [0.4, 0.5) is 0 Å². The van der Waals surface area contributed by atoms with E-state index in [1.54, 1.807) is 11.9 Å². The van der Waals surface area contributed by atoms with E-state index >= 15 is 0 Å². The summed E-state index contributed by atoms with van der Waals surface area (Å²) in [6.45, 7) is 4.00. The van der Waals surface area contributed by atoms with Crippen molar-refractivity contribution in [1.82, 2.24) is 4.90 Å². The third kappa shape index (κ3) is 3.43. The van der Waals surface area contributed by atoms with Gasteiger partial charge in [0.1, 0.15) is 0 Å². The Bertz CT molecular complexity index is 398. The van der Waals surface area contributed by atoms with Crippen molar-refractivity contribution in [3.05, 3.63) is 35.9 Å². The second kappa shape index (κ2) is 5.37. The minimum atomic E-state index is -0.219. The molecule has 0 aliphatic rings. The smallest absolute Gasteiger partial charge is 0.209 e. The van der Waals surface area contributed by atoms with Gasteiger partial charge in [-0.2, -0.15) is 0 Å². The molecule has 1 aromatic rings. The van der Waals surface area contributed by atoms with Gasteiger partial charge in [-0.15, -0.1) is 0 Å². The largest absolute Gasteiger partial charge is 0.342 e. The highest BCUT2D eigenvalue weighted by Crippen LogP contribution is 2.14. The van der Waals surface area contributed by atoms with E-state index in [1.807, 2.05) is 44.2 Å². The second-order valence-electron chi connectivity index (χ2n) is 4.37. The third-order valence-corrected chi connectivity index (χ3v) is 2.64. The number of carbonyl (C=O) groups excluding carboxylic acids is 1. The Balaban J connectivity index is 2.65. The van der Waals surface area contributed by atoms with Crippen LogP contribution in [0, 0.1) is 11.8 Å². The molecule has 1 amide bonds. The van der Waals surface area contributed by atoms with E-state index in [0.29, 0.717) is 6.42 Å². The van der Waals surface area contributed by atoms with Gasteiger partial charge in [0.25, 0.3) is 0 Å². The molecule has 84 valence electrons. The standard InChI is InChI=1S/C14H17NO/c1-14(2,15(3)12-16)11-7-10-13-8-5-4-6-9-13/h4-6,8-9,12H,11H2,1-3H3. The molecule has 2 nitrogen and oxygen atoms in total. The van der Waals surface area contributed by atoms with Crippen LogP contribution in [0.25, 0.3) is 0 Å². The Hall–Kier alpha value is -1.75. The van der Waals surface area contributed by atoms with Gasteiger partial charge in [-0.05, 0) is 26.0 Å². The maximum Gasteiger partial charge on any atom is 0.209 e. The van der Waals surface area contributed by atoms with Gasteiger partial charge in [0, 0.05) is 24.6 Å². The molecule has 0 aliphatic carbocycles. The minimum absolute atomic E-state index is 0.219. The van der Waals surface area contributed by atoms with Gasteiger partial charge in [0.05, 0.1) is 0 Å². The molecule has 0 aliphatic heterocycles. The highest BCUT2D eigenvalue weighted by Gasteiger charge is 2.20. The topological polar surface area (TPSA) is 20.3 Å². The Kier molecular flexibility index (Phi) is 4.13. The molecular weight excluding hydrogens is 198 g/mol. The molecule has 1 rings (SSSR count). The van der Waals surface area contributed by atoms with Crippen LogP contribution in [0.5, 0.6) is 0 Å². The fourth-order valence-corrected chi connectivity index (χ4v) is 1.15. The first-order valence-electron chi connectivity index (χ1n) is 5.28. The number of amides is 1. The van der Waals surface area contributed by atoms with Crippen LogP contribution in [0.3, 0.4) is 0 Å². The first kappa shape index (κ1) is 12.3. The average molecular weight is 215 g/mol. The molecule has 0 radical (unpaired) electrons. The van der Waals surface area contributed by atoms with E-state index < -0.39 is 0 Å². The van der Waals surface area contributed by atoms with E-state index in [4.69, 9.17) is 0 Å². The van der Waals surface area contributed by atoms with Crippen molar-refractivity contribution in [1.29, 1.82) is 0 Å². The number of carbonyl (C=O) groups is 1. The molecule has 0 saturated carbocycles. The van der Waals surface area contributed by atoms with E-state index in [0.717, 1.165) is 12.0 Å². The molecule has 2 heteroatoms. The van der Waals surface area contributed by atoms with Crippen LogP contribution >= 0.6 is 0 Å². The molecular formula is C14H17NO. The Morgan fingerprint density at radius 3 is 2.50 bits per heavy atom. The Labute approximate surface area is 97.3 Å². The number of hydrogen-bond donors (Lipinski definition) is 0. The Morgan fingerprint density at radius 2 is 1.94 bits per heavy atom. The summed E-state index contributed by atoms with van der Waals surface area (Å²) >= 11 is 0. The molecule has 0 aromatic heterocycles. The summed E-state index contributed by atoms with van der Waals surface area (Å²) in [7, 11) is 1.77. The Morgan fingerprint density at radius 1 is 1.31 bits per heavy atom. The molecule has 0 saturated heterocycles. The number of nitrogens with zero attached hydrogens (tertiary/aromatic N) is 1. The van der Waals surface area contributed by atoms with Crippen LogP contribution < -0.4 is 0 Å². The lowest BCUT2D eigenvalue weighted by atomic mass is 9.99. The highest BCUT2D eigenvalue weighted by molar-refractivity contribution is 5.48. The summed E-state index contributed by atoms with van der Waals surface area (Å²) in [4.78, 5) is 12.3. The number of benzene rings is 1. The van der Waals surface area contributed by atoms with Gasteiger partial charge in [-0.3, -0.25) is 4.79 Å². The SMILES string of the molecule is CN(C=O)C(C)(C)CC#Cc1ccccc1. The normalized spacial score (nSPS) is 10.2. The molecule has 0 bridgehead atoms. The fraction of sp³-hybridized carbons (Fsp3) is 0.357. The lowest BCUT2D eigenvalue weighted by molar-refractivity contribution is -0.121. The van der Waals surface area contributed by atoms with Crippen molar-refractivity contribution in [3.63, 3.8) is 0 Å². The lowest BCUT2D eigenvalue weighted by Crippen LogP contribution is -2.39. The first-order valence-corrected chi connectivity index (χ1v) is 5.28. The molecule has 0 atom stereocenters. The third-order valence-electron chi connectivity index (χ3n) is 2.64. The van der Waals surface area contributed by atoms with Gasteiger partial charge in [0.2, 0.25) is 6.41 Å². The number of rotatable bonds is 3. The quantitative estimate of drug-likeness (QED) is 0.559. The lowest BCUT2D eigenvalue weighted by Gasteiger charge is -2.30. The predicted molar refractivity (Wildman–Crippen MR) is 65.8 cm³/mol. The summed E-state index contributed by atoms with van der Waals surface area (Å²) in [5, 5.41) is 0. The predicted octanol–water partition coefficient (Wildman–Crippen LogP) is 2.29. The molecule has 0 spiro atoms. The van der Waals surface area contributed by atoms with Gasteiger partial charge in [0.15, 0.2) is 0 Å². The first-order chi connectivity index (χ1) is 7.56. The summed E-state index contributed by atoms with van der Waals surface area (Å²) in [6.07, 6.45) is 1.50. The zero-order valence-electron chi connectivity index (χ0n) is 10.0. The van der Waals surface area contributed by atoms with E-state index in [1.165, 1.54) is 0 Å². The van der Waals surface area contributed by atoms with Crippen molar-refractivity contribution in [2.75, 3.05) is 7.05 Å². The zero-order chi connectivity index (χ0) is 12.0. The summed E-state index contributed by atoms with van der Waals surface area (Å²) in [5.41, 5.74) is 0.788. The van der Waals surface area contributed by atoms with Crippen molar-refractivity contribution in [3.8, 4) is 11.8 Å².